The van der Waals surface area contributed by atoms with Crippen LogP contribution < -0.4 is 0 Å². The molecular formula is C14H8ClF2N2O. The van der Waals surface area contributed by atoms with E-state index >= 15 is 0 Å². The minimum absolute atomic E-state index is 0.0844. The lowest BCUT2D eigenvalue weighted by Crippen LogP contribution is -2.08. The zero-order valence-corrected chi connectivity index (χ0v) is 10.8. The van der Waals surface area contributed by atoms with E-state index in [-0.39, 0.29) is 10.7 Å². The predicted molar refractivity (Wildman–Crippen MR) is 72.5 cm³/mol. The lowest BCUT2D eigenvalue weighted by Gasteiger charge is -2.15. The number of halogens is 3. The molecule has 1 N–H and O–H groups in total. The number of benzene rings is 1. The molecule has 1 unspecified atom stereocenters. The van der Waals surface area contributed by atoms with E-state index in [1.54, 1.807) is 18.2 Å². The van der Waals surface area contributed by atoms with E-state index in [0.29, 0.717) is 23.0 Å². The second-order valence-electron chi connectivity index (χ2n) is 4.28. The van der Waals surface area contributed by atoms with Gasteiger partial charge in [0.1, 0.15) is 17.2 Å². The zero-order valence-electron chi connectivity index (χ0n) is 10.0. The molecule has 1 heterocycles. The topological polar surface area (TPSA) is 46.0 Å². The van der Waals surface area contributed by atoms with E-state index in [0.717, 1.165) is 6.08 Å². The van der Waals surface area contributed by atoms with Crippen molar-refractivity contribution in [2.45, 2.75) is 6.17 Å². The normalized spacial score (nSPS) is 19.4. The first-order valence-electron chi connectivity index (χ1n) is 5.77. The van der Waals surface area contributed by atoms with Crippen LogP contribution in [0.4, 0.5) is 8.78 Å². The van der Waals surface area contributed by atoms with Gasteiger partial charge in [0.2, 0.25) is 0 Å². The summed E-state index contributed by atoms with van der Waals surface area (Å²) < 4.78 is 26.7. The molecule has 1 aromatic carbocycles. The molecule has 2 aromatic rings. The van der Waals surface area contributed by atoms with Crippen LogP contribution in [0.25, 0.3) is 16.6 Å². The maximum absolute atomic E-state index is 13.4. The van der Waals surface area contributed by atoms with E-state index in [4.69, 9.17) is 11.6 Å². The number of nitrogens with zero attached hydrogens (tertiary/aromatic N) is 2. The van der Waals surface area contributed by atoms with Crippen molar-refractivity contribution in [3.05, 3.63) is 59.2 Å². The molecule has 0 spiro atoms. The molecule has 0 saturated carbocycles. The van der Waals surface area contributed by atoms with Gasteiger partial charge in [0.25, 0.3) is 0 Å². The number of hydrogen-bond donors (Lipinski definition) is 1. The van der Waals surface area contributed by atoms with Gasteiger partial charge in [-0.05, 0) is 23.8 Å². The summed E-state index contributed by atoms with van der Waals surface area (Å²) in [6.45, 7) is 0. The van der Waals surface area contributed by atoms with Crippen molar-refractivity contribution >= 4 is 28.2 Å². The first kappa shape index (κ1) is 13.0. The summed E-state index contributed by atoms with van der Waals surface area (Å²) in [5.74, 6) is -1.57. The van der Waals surface area contributed by atoms with Crippen molar-refractivity contribution in [3.8, 4) is 0 Å². The molecule has 0 amide bonds. The van der Waals surface area contributed by atoms with Gasteiger partial charge in [-0.3, -0.25) is 4.98 Å². The molecule has 1 aliphatic rings. The summed E-state index contributed by atoms with van der Waals surface area (Å²) in [5, 5.41) is 9.93. The van der Waals surface area contributed by atoms with Crippen molar-refractivity contribution in [2.24, 2.45) is 0 Å². The Morgan fingerprint density at radius 1 is 1.25 bits per heavy atom. The van der Waals surface area contributed by atoms with Crippen molar-refractivity contribution in [1.29, 1.82) is 0 Å². The number of allylic oxidation sites excluding steroid dienone is 3. The Balaban J connectivity index is 2.15. The van der Waals surface area contributed by atoms with Crippen LogP contribution in [0.2, 0.25) is 5.15 Å². The quantitative estimate of drug-likeness (QED) is 0.865. The summed E-state index contributed by atoms with van der Waals surface area (Å²) in [5.41, 5.74) is 1.61. The predicted octanol–water partition coefficient (Wildman–Crippen LogP) is 3.96. The molecule has 0 aliphatic heterocycles. The number of aliphatic hydroxyl groups excluding tert-OH is 1. The summed E-state index contributed by atoms with van der Waals surface area (Å²) in [4.78, 5) is 8.15. The fourth-order valence-corrected chi connectivity index (χ4v) is 2.16. The fraction of sp³-hybridized carbons (Fsp3) is 0.0714. The molecule has 6 heteroatoms. The van der Waals surface area contributed by atoms with Crippen molar-refractivity contribution < 1.29 is 13.9 Å². The summed E-state index contributed by atoms with van der Waals surface area (Å²) >= 11 is 5.76. The van der Waals surface area contributed by atoms with Gasteiger partial charge < -0.3 is 5.11 Å². The highest BCUT2D eigenvalue weighted by atomic mass is 35.5. The van der Waals surface area contributed by atoms with Crippen LogP contribution in [-0.4, -0.2) is 21.2 Å². The molecular weight excluding hydrogens is 286 g/mol. The first-order valence-corrected chi connectivity index (χ1v) is 6.15. The molecule has 1 atom stereocenters. The smallest absolute Gasteiger partial charge is 0.155 e. The summed E-state index contributed by atoms with van der Waals surface area (Å²) in [6, 6.07) is 4.82. The lowest BCUT2D eigenvalue weighted by atomic mass is 9.96. The minimum Gasteiger partial charge on any atom is -0.505 e. The third-order valence-corrected chi connectivity index (χ3v) is 3.12. The van der Waals surface area contributed by atoms with E-state index < -0.39 is 17.8 Å². The maximum atomic E-state index is 13.4. The Morgan fingerprint density at radius 2 is 2.05 bits per heavy atom. The first-order chi connectivity index (χ1) is 9.54. The minimum atomic E-state index is -1.58. The van der Waals surface area contributed by atoms with Gasteiger partial charge in [-0.2, -0.15) is 0 Å². The van der Waals surface area contributed by atoms with Crippen molar-refractivity contribution in [3.63, 3.8) is 0 Å². The van der Waals surface area contributed by atoms with Crippen LogP contribution in [0.15, 0.2) is 42.1 Å². The van der Waals surface area contributed by atoms with Crippen LogP contribution in [0.5, 0.6) is 0 Å². The largest absolute Gasteiger partial charge is 0.505 e. The number of aliphatic hydroxyl groups is 1. The van der Waals surface area contributed by atoms with Crippen LogP contribution in [0, 0.1) is 6.42 Å². The van der Waals surface area contributed by atoms with Gasteiger partial charge in [-0.15, -0.1) is 0 Å². The van der Waals surface area contributed by atoms with Gasteiger partial charge in [0.05, 0.1) is 23.7 Å². The lowest BCUT2D eigenvalue weighted by molar-refractivity contribution is 0.376. The van der Waals surface area contributed by atoms with E-state index in [1.807, 2.05) is 0 Å². The third kappa shape index (κ3) is 2.25. The molecule has 3 rings (SSSR count). The van der Waals surface area contributed by atoms with Crippen molar-refractivity contribution in [1.82, 2.24) is 9.97 Å². The molecule has 20 heavy (non-hydrogen) atoms. The number of rotatable bonds is 1. The van der Waals surface area contributed by atoms with Crippen molar-refractivity contribution in [2.75, 3.05) is 0 Å². The third-order valence-electron chi connectivity index (χ3n) is 2.94. The van der Waals surface area contributed by atoms with Gasteiger partial charge in [0.15, 0.2) is 5.76 Å². The monoisotopic (exact) mass is 293 g/mol. The molecule has 1 aliphatic carbocycles. The van der Waals surface area contributed by atoms with E-state index in [2.05, 4.69) is 9.97 Å². The fourth-order valence-electron chi connectivity index (χ4n) is 2.02. The standard InChI is InChI=1S/C14H8ClF2N2O/c15-13-6-18-11-2-1-7(3-12(11)19-13)9-4-8(16)5-10(17)14(9)20/h1-6,8,20H. The maximum Gasteiger partial charge on any atom is 0.155 e. The highest BCUT2D eigenvalue weighted by molar-refractivity contribution is 6.29. The zero-order chi connectivity index (χ0) is 14.3. The molecule has 0 bridgehead atoms. The molecule has 3 nitrogen and oxygen atoms in total. The molecule has 1 radical (unpaired) electrons. The number of aromatic nitrogens is 2. The Kier molecular flexibility index (Phi) is 3.14. The number of hydrogen-bond acceptors (Lipinski definition) is 3. The average molecular weight is 294 g/mol. The second-order valence-corrected chi connectivity index (χ2v) is 4.67. The Labute approximate surface area is 118 Å². The van der Waals surface area contributed by atoms with Crippen LogP contribution in [0.3, 0.4) is 0 Å². The Hall–Kier alpha value is -2.01. The average Bonchev–Trinajstić information content (AvgIpc) is 2.42. The van der Waals surface area contributed by atoms with Crippen LogP contribution in [0.1, 0.15) is 5.56 Å². The summed E-state index contributed by atoms with van der Waals surface area (Å²) in [7, 11) is 0. The van der Waals surface area contributed by atoms with Gasteiger partial charge in [-0.25, -0.2) is 13.8 Å². The molecule has 0 fully saturated rings. The number of alkyl halides is 1. The molecule has 101 valence electrons. The summed E-state index contributed by atoms with van der Waals surface area (Å²) in [6.07, 6.45) is 1.67. The van der Waals surface area contributed by atoms with Gasteiger partial charge >= 0.3 is 0 Å². The Bertz CT molecular complexity index is 758. The molecule has 0 saturated heterocycles. The van der Waals surface area contributed by atoms with Crippen LogP contribution >= 0.6 is 11.6 Å². The van der Waals surface area contributed by atoms with Gasteiger partial charge in [-0.1, -0.05) is 17.7 Å². The van der Waals surface area contributed by atoms with Gasteiger partial charge in [0, 0.05) is 5.57 Å². The van der Waals surface area contributed by atoms with E-state index in [9.17, 15) is 13.9 Å². The Morgan fingerprint density at radius 3 is 2.85 bits per heavy atom. The van der Waals surface area contributed by atoms with E-state index in [1.165, 1.54) is 6.20 Å². The highest BCUT2D eigenvalue weighted by Crippen LogP contribution is 2.33. The molecule has 1 aromatic heterocycles. The second kappa shape index (κ2) is 4.83. The highest BCUT2D eigenvalue weighted by Gasteiger charge is 2.23. The SMILES string of the molecule is OC1=C(F)[CH]C(F)C=C1c1ccc2ncc(Cl)nc2c1. The van der Waals surface area contributed by atoms with Crippen LogP contribution in [-0.2, 0) is 0 Å². The number of fused-ring (bicyclic) bond motifs is 1.